The summed E-state index contributed by atoms with van der Waals surface area (Å²) in [6.45, 7) is 0. The molecule has 0 saturated heterocycles. The first-order valence-electron chi connectivity index (χ1n) is 3.70. The minimum atomic E-state index is -1.12. The Morgan fingerprint density at radius 1 is 1.46 bits per heavy atom. The second-order valence-electron chi connectivity index (χ2n) is 2.51. The summed E-state index contributed by atoms with van der Waals surface area (Å²) in [5.74, 6) is -1.19. The molecule has 13 heavy (non-hydrogen) atoms. The summed E-state index contributed by atoms with van der Waals surface area (Å²) in [5, 5.41) is 18.0. The third-order valence-electron chi connectivity index (χ3n) is 1.68. The lowest BCUT2D eigenvalue weighted by Crippen LogP contribution is -2.13. The van der Waals surface area contributed by atoms with Gasteiger partial charge in [0.2, 0.25) is 0 Å². The highest BCUT2D eigenvalue weighted by Gasteiger charge is 2.21. The highest BCUT2D eigenvalue weighted by molar-refractivity contribution is 5.75. The van der Waals surface area contributed by atoms with Crippen LogP contribution in [0, 0.1) is 0 Å². The minimum absolute atomic E-state index is 0.0725. The van der Waals surface area contributed by atoms with Gasteiger partial charge in [0.1, 0.15) is 5.75 Å². The van der Waals surface area contributed by atoms with E-state index in [1.807, 2.05) is 0 Å². The van der Waals surface area contributed by atoms with Crippen molar-refractivity contribution < 1.29 is 19.7 Å². The number of carboxylic acids is 1. The Kier molecular flexibility index (Phi) is 2.87. The maximum absolute atomic E-state index is 10.6. The molecule has 1 aromatic rings. The zero-order chi connectivity index (χ0) is 9.84. The molecule has 0 aliphatic heterocycles. The predicted molar refractivity (Wildman–Crippen MR) is 45.5 cm³/mol. The summed E-state index contributed by atoms with van der Waals surface area (Å²) in [6, 6.07) is 6.19. The Morgan fingerprint density at radius 2 is 2.08 bits per heavy atom. The van der Waals surface area contributed by atoms with Gasteiger partial charge >= 0.3 is 5.97 Å². The molecule has 70 valence electrons. The topological polar surface area (TPSA) is 66.8 Å². The van der Waals surface area contributed by atoms with Crippen molar-refractivity contribution in [3.63, 3.8) is 0 Å². The summed E-state index contributed by atoms with van der Waals surface area (Å²) < 4.78 is 4.72. The van der Waals surface area contributed by atoms with Gasteiger partial charge in [0.25, 0.3) is 0 Å². The third kappa shape index (κ3) is 1.97. The van der Waals surface area contributed by atoms with Crippen LogP contribution >= 0.6 is 0 Å². The second-order valence-corrected chi connectivity index (χ2v) is 2.51. The fourth-order valence-corrected chi connectivity index (χ4v) is 1.07. The number of aromatic hydroxyl groups is 1. The fraction of sp³-hybridized carbons (Fsp3) is 0.222. The van der Waals surface area contributed by atoms with E-state index in [0.29, 0.717) is 0 Å². The maximum Gasteiger partial charge on any atom is 0.337 e. The van der Waals surface area contributed by atoms with Gasteiger partial charge in [-0.2, -0.15) is 0 Å². The average Bonchev–Trinajstić information content (AvgIpc) is 2.09. The van der Waals surface area contributed by atoms with Crippen molar-refractivity contribution in [2.24, 2.45) is 0 Å². The molecule has 1 atom stereocenters. The van der Waals surface area contributed by atoms with E-state index in [0.717, 1.165) is 0 Å². The number of methoxy groups -OCH3 is 1. The second kappa shape index (κ2) is 3.91. The van der Waals surface area contributed by atoms with Gasteiger partial charge in [0.15, 0.2) is 6.10 Å². The Balaban J connectivity index is 3.04. The molecule has 2 N–H and O–H groups in total. The minimum Gasteiger partial charge on any atom is -0.508 e. The number of aliphatic carboxylic acids is 1. The van der Waals surface area contributed by atoms with Crippen LogP contribution < -0.4 is 0 Å². The van der Waals surface area contributed by atoms with Crippen molar-refractivity contribution >= 4 is 5.97 Å². The highest BCUT2D eigenvalue weighted by Crippen LogP contribution is 2.25. The molecule has 4 nitrogen and oxygen atoms in total. The van der Waals surface area contributed by atoms with Crippen LogP contribution in [-0.2, 0) is 9.53 Å². The Hall–Kier alpha value is -1.55. The number of hydrogen-bond acceptors (Lipinski definition) is 3. The Labute approximate surface area is 75.4 Å². The summed E-state index contributed by atoms with van der Waals surface area (Å²) in [6.07, 6.45) is -1.11. The van der Waals surface area contributed by atoms with E-state index in [1.54, 1.807) is 12.1 Å². The zero-order valence-corrected chi connectivity index (χ0v) is 7.10. The first kappa shape index (κ1) is 9.54. The molecule has 0 fully saturated rings. The van der Waals surface area contributed by atoms with Crippen molar-refractivity contribution in [3.8, 4) is 5.75 Å². The molecule has 0 aliphatic carbocycles. The third-order valence-corrected chi connectivity index (χ3v) is 1.68. The van der Waals surface area contributed by atoms with Crippen molar-refractivity contribution in [2.75, 3.05) is 7.11 Å². The average molecular weight is 182 g/mol. The predicted octanol–water partition coefficient (Wildman–Crippen LogP) is 1.16. The van der Waals surface area contributed by atoms with Crippen LogP contribution in [0.3, 0.4) is 0 Å². The van der Waals surface area contributed by atoms with E-state index in [1.165, 1.54) is 19.2 Å². The number of phenolic OH excluding ortho intramolecular Hbond substituents is 1. The molecule has 0 heterocycles. The number of phenols is 1. The summed E-state index contributed by atoms with van der Waals surface area (Å²) in [4.78, 5) is 10.6. The lowest BCUT2D eigenvalue weighted by Gasteiger charge is -2.11. The number of para-hydroxylation sites is 1. The summed E-state index contributed by atoms with van der Waals surface area (Å²) in [5.41, 5.74) is 0.262. The molecule has 0 unspecified atom stereocenters. The van der Waals surface area contributed by atoms with Crippen LogP contribution in [0.25, 0.3) is 0 Å². The molecule has 0 bridgehead atoms. The number of ether oxygens (including phenoxy) is 1. The van der Waals surface area contributed by atoms with E-state index in [-0.39, 0.29) is 11.3 Å². The smallest absolute Gasteiger partial charge is 0.337 e. The molecule has 0 aromatic heterocycles. The SMILES string of the molecule is CO[C@@H](C(=O)O)c1ccccc1O. The van der Waals surface area contributed by atoms with E-state index < -0.39 is 12.1 Å². The molecule has 1 rings (SSSR count). The van der Waals surface area contributed by atoms with Crippen LogP contribution in [-0.4, -0.2) is 23.3 Å². The van der Waals surface area contributed by atoms with Gasteiger partial charge in [-0.15, -0.1) is 0 Å². The molecule has 1 aromatic carbocycles. The van der Waals surface area contributed by atoms with E-state index >= 15 is 0 Å². The van der Waals surface area contributed by atoms with Crippen LogP contribution in [0.2, 0.25) is 0 Å². The largest absolute Gasteiger partial charge is 0.508 e. The van der Waals surface area contributed by atoms with Crippen LogP contribution in [0.4, 0.5) is 0 Å². The lowest BCUT2D eigenvalue weighted by molar-refractivity contribution is -0.149. The number of rotatable bonds is 3. The van der Waals surface area contributed by atoms with Gasteiger partial charge in [-0.3, -0.25) is 0 Å². The van der Waals surface area contributed by atoms with Gasteiger partial charge in [-0.25, -0.2) is 4.79 Å². The van der Waals surface area contributed by atoms with Gasteiger partial charge < -0.3 is 14.9 Å². The van der Waals surface area contributed by atoms with E-state index in [4.69, 9.17) is 9.84 Å². The van der Waals surface area contributed by atoms with E-state index in [9.17, 15) is 9.90 Å². The normalized spacial score (nSPS) is 12.4. The molecule has 0 radical (unpaired) electrons. The van der Waals surface area contributed by atoms with Crippen molar-refractivity contribution in [3.05, 3.63) is 29.8 Å². The molecule has 0 amide bonds. The fourth-order valence-electron chi connectivity index (χ4n) is 1.07. The Morgan fingerprint density at radius 3 is 2.54 bits per heavy atom. The van der Waals surface area contributed by atoms with Gasteiger partial charge in [0, 0.05) is 12.7 Å². The standard InChI is InChI=1S/C9H10O4/c1-13-8(9(11)12)6-4-2-3-5-7(6)10/h2-5,8,10H,1H3,(H,11,12)/t8-/m1/s1. The molecule has 0 spiro atoms. The highest BCUT2D eigenvalue weighted by atomic mass is 16.5. The van der Waals surface area contributed by atoms with Crippen LogP contribution in [0.1, 0.15) is 11.7 Å². The first-order chi connectivity index (χ1) is 6.16. The molecule has 0 aliphatic rings. The number of carbonyl (C=O) groups is 1. The number of benzene rings is 1. The first-order valence-corrected chi connectivity index (χ1v) is 3.70. The zero-order valence-electron chi connectivity index (χ0n) is 7.10. The van der Waals surface area contributed by atoms with Crippen LogP contribution in [0.5, 0.6) is 5.75 Å². The summed E-state index contributed by atoms with van der Waals surface area (Å²) in [7, 11) is 1.28. The molecular weight excluding hydrogens is 172 g/mol. The van der Waals surface area contributed by atoms with Gasteiger partial charge in [-0.1, -0.05) is 18.2 Å². The molecular formula is C9H10O4. The van der Waals surface area contributed by atoms with Crippen molar-refractivity contribution in [1.29, 1.82) is 0 Å². The number of carboxylic acid groups (broad SMARTS) is 1. The van der Waals surface area contributed by atoms with Gasteiger partial charge in [0.05, 0.1) is 0 Å². The molecule has 4 heteroatoms. The van der Waals surface area contributed by atoms with Crippen molar-refractivity contribution in [1.82, 2.24) is 0 Å². The van der Waals surface area contributed by atoms with Gasteiger partial charge in [-0.05, 0) is 6.07 Å². The van der Waals surface area contributed by atoms with Crippen molar-refractivity contribution in [2.45, 2.75) is 6.10 Å². The number of hydrogen-bond donors (Lipinski definition) is 2. The quantitative estimate of drug-likeness (QED) is 0.736. The molecule has 0 saturated carbocycles. The lowest BCUT2D eigenvalue weighted by atomic mass is 10.1. The monoisotopic (exact) mass is 182 g/mol. The summed E-state index contributed by atoms with van der Waals surface area (Å²) >= 11 is 0. The van der Waals surface area contributed by atoms with Crippen LogP contribution in [0.15, 0.2) is 24.3 Å². The van der Waals surface area contributed by atoms with E-state index in [2.05, 4.69) is 0 Å². The maximum atomic E-state index is 10.6. The Bertz CT molecular complexity index is 308.